The van der Waals surface area contributed by atoms with Crippen molar-refractivity contribution in [1.82, 2.24) is 10.2 Å². The Balaban J connectivity index is 1.51. The summed E-state index contributed by atoms with van der Waals surface area (Å²) in [4.78, 5) is 28.5. The van der Waals surface area contributed by atoms with Gasteiger partial charge >= 0.3 is 12.2 Å². The van der Waals surface area contributed by atoms with Crippen molar-refractivity contribution in [2.24, 2.45) is 0 Å². The summed E-state index contributed by atoms with van der Waals surface area (Å²) in [5.41, 5.74) is 2.51. The number of anilines is 1. The lowest BCUT2D eigenvalue weighted by atomic mass is 10.1. The minimum absolute atomic E-state index is 0.181. The maximum Gasteiger partial charge on any atom is 0.410 e. The van der Waals surface area contributed by atoms with Crippen LogP contribution in [0.5, 0.6) is 0 Å². The van der Waals surface area contributed by atoms with Crippen molar-refractivity contribution in [2.45, 2.75) is 45.9 Å². The molecule has 2 aromatic carbocycles. The summed E-state index contributed by atoms with van der Waals surface area (Å²) in [6, 6.07) is 17.6. The lowest BCUT2D eigenvalue weighted by Gasteiger charge is -2.35. The highest BCUT2D eigenvalue weighted by molar-refractivity contribution is 5.69. The summed E-state index contributed by atoms with van der Waals surface area (Å²) in [6.07, 6.45) is -0.713. The van der Waals surface area contributed by atoms with E-state index < -0.39 is 11.7 Å². The largest absolute Gasteiger partial charge is 0.445 e. The summed E-state index contributed by atoms with van der Waals surface area (Å²) in [5.74, 6) is 0. The third-order valence-electron chi connectivity index (χ3n) is 5.21. The van der Waals surface area contributed by atoms with E-state index in [1.165, 1.54) is 0 Å². The minimum atomic E-state index is -0.534. The maximum absolute atomic E-state index is 12.4. The predicted octanol–water partition coefficient (Wildman–Crippen LogP) is 4.73. The summed E-state index contributed by atoms with van der Waals surface area (Å²) in [5, 5.41) is 2.88. The van der Waals surface area contributed by atoms with E-state index in [2.05, 4.69) is 16.3 Å². The highest BCUT2D eigenvalue weighted by atomic mass is 16.6. The molecule has 1 N–H and O–H groups in total. The fourth-order valence-corrected chi connectivity index (χ4v) is 3.52. The molecule has 2 amide bonds. The fraction of sp³-hybridized carbons (Fsp3) is 0.440. The SMILES string of the molecule is C[C@@H](NC(=O)OC(C)(C)C)c1cccc(N2CCN(C(=O)OCc3ccccc3)CC2)c1. The van der Waals surface area contributed by atoms with Crippen LogP contribution >= 0.6 is 0 Å². The molecule has 0 unspecified atom stereocenters. The lowest BCUT2D eigenvalue weighted by Crippen LogP contribution is -2.49. The van der Waals surface area contributed by atoms with Crippen LogP contribution in [0, 0.1) is 0 Å². The normalized spacial score (nSPS) is 15.1. The topological polar surface area (TPSA) is 71.1 Å². The summed E-state index contributed by atoms with van der Waals surface area (Å²) < 4.78 is 10.8. The number of hydrogen-bond donors (Lipinski definition) is 1. The van der Waals surface area contributed by atoms with Gasteiger partial charge in [0.1, 0.15) is 12.2 Å². The molecule has 0 radical (unpaired) electrons. The van der Waals surface area contributed by atoms with E-state index >= 15 is 0 Å². The van der Waals surface area contributed by atoms with Crippen molar-refractivity contribution < 1.29 is 19.1 Å². The average Bonchev–Trinajstić information content (AvgIpc) is 2.77. The van der Waals surface area contributed by atoms with E-state index in [1.807, 2.05) is 76.2 Å². The minimum Gasteiger partial charge on any atom is -0.445 e. The van der Waals surface area contributed by atoms with Crippen LogP contribution in [-0.2, 0) is 16.1 Å². The van der Waals surface area contributed by atoms with Crippen LogP contribution in [-0.4, -0.2) is 48.9 Å². The molecule has 0 saturated carbocycles. The molecule has 7 nitrogen and oxygen atoms in total. The number of carbonyl (C=O) groups excluding carboxylic acids is 2. The molecule has 172 valence electrons. The second-order valence-electron chi connectivity index (χ2n) is 8.98. The molecule has 1 aliphatic rings. The Morgan fingerprint density at radius 1 is 1.00 bits per heavy atom. The molecule has 7 heteroatoms. The average molecular weight is 440 g/mol. The van der Waals surface area contributed by atoms with Crippen LogP contribution in [0.15, 0.2) is 54.6 Å². The third-order valence-corrected chi connectivity index (χ3v) is 5.21. The second-order valence-corrected chi connectivity index (χ2v) is 8.98. The van der Waals surface area contributed by atoms with Crippen molar-refractivity contribution in [1.29, 1.82) is 0 Å². The molecule has 32 heavy (non-hydrogen) atoms. The fourth-order valence-electron chi connectivity index (χ4n) is 3.52. The summed E-state index contributed by atoms with van der Waals surface area (Å²) in [6.45, 7) is 10.4. The number of piperazine rings is 1. The number of rotatable bonds is 5. The van der Waals surface area contributed by atoms with E-state index in [-0.39, 0.29) is 18.7 Å². The van der Waals surface area contributed by atoms with Crippen LogP contribution in [0.3, 0.4) is 0 Å². The van der Waals surface area contributed by atoms with E-state index in [0.29, 0.717) is 13.1 Å². The number of benzene rings is 2. The van der Waals surface area contributed by atoms with E-state index in [0.717, 1.165) is 29.9 Å². The molecule has 1 fully saturated rings. The Hall–Kier alpha value is -3.22. The number of ether oxygens (including phenoxy) is 2. The van der Waals surface area contributed by atoms with Crippen LogP contribution < -0.4 is 10.2 Å². The van der Waals surface area contributed by atoms with Gasteiger partial charge < -0.3 is 24.6 Å². The quantitative estimate of drug-likeness (QED) is 0.729. The number of amides is 2. The molecule has 1 aliphatic heterocycles. The van der Waals surface area contributed by atoms with Gasteiger partial charge in [-0.2, -0.15) is 0 Å². The monoisotopic (exact) mass is 439 g/mol. The molecule has 0 aromatic heterocycles. The maximum atomic E-state index is 12.4. The first-order valence-corrected chi connectivity index (χ1v) is 11.0. The van der Waals surface area contributed by atoms with E-state index in [1.54, 1.807) is 4.90 Å². The lowest BCUT2D eigenvalue weighted by molar-refractivity contribution is 0.0508. The smallest absolute Gasteiger partial charge is 0.410 e. The molecule has 0 spiro atoms. The summed E-state index contributed by atoms with van der Waals surface area (Å²) in [7, 11) is 0. The first kappa shape index (κ1) is 23.4. The molecule has 0 bridgehead atoms. The predicted molar refractivity (Wildman–Crippen MR) is 125 cm³/mol. The number of nitrogens with zero attached hydrogens (tertiary/aromatic N) is 2. The Morgan fingerprint density at radius 3 is 2.34 bits per heavy atom. The van der Waals surface area contributed by atoms with Crippen molar-refractivity contribution in [2.75, 3.05) is 31.1 Å². The van der Waals surface area contributed by atoms with Crippen LogP contribution in [0.1, 0.15) is 44.9 Å². The molecule has 1 atom stereocenters. The van der Waals surface area contributed by atoms with Gasteiger partial charge in [0, 0.05) is 31.9 Å². The second kappa shape index (κ2) is 10.4. The Bertz CT molecular complexity index is 903. The molecule has 1 saturated heterocycles. The zero-order chi connectivity index (χ0) is 23.1. The van der Waals surface area contributed by atoms with Gasteiger partial charge in [-0.15, -0.1) is 0 Å². The Labute approximate surface area is 190 Å². The molecule has 0 aliphatic carbocycles. The van der Waals surface area contributed by atoms with Gasteiger partial charge in [-0.05, 0) is 51.0 Å². The van der Waals surface area contributed by atoms with Gasteiger partial charge in [-0.25, -0.2) is 9.59 Å². The van der Waals surface area contributed by atoms with Crippen LogP contribution in [0.4, 0.5) is 15.3 Å². The number of carbonyl (C=O) groups is 2. The standard InChI is InChI=1S/C25H33N3O4/c1-19(26-23(29)32-25(2,3)4)21-11-8-12-22(17-21)27-13-15-28(16-14-27)24(30)31-18-20-9-6-5-7-10-20/h5-12,17,19H,13-16,18H2,1-4H3,(H,26,29)/t19-/m1/s1. The third kappa shape index (κ3) is 6.90. The van der Waals surface area contributed by atoms with Crippen LogP contribution in [0.25, 0.3) is 0 Å². The van der Waals surface area contributed by atoms with Gasteiger partial charge in [-0.3, -0.25) is 0 Å². The van der Waals surface area contributed by atoms with Crippen LogP contribution in [0.2, 0.25) is 0 Å². The first-order valence-electron chi connectivity index (χ1n) is 11.0. The van der Waals surface area contributed by atoms with Gasteiger partial charge in [-0.1, -0.05) is 42.5 Å². The highest BCUT2D eigenvalue weighted by Gasteiger charge is 2.23. The highest BCUT2D eigenvalue weighted by Crippen LogP contribution is 2.22. The molecule has 2 aromatic rings. The first-order chi connectivity index (χ1) is 15.2. The molecule has 3 rings (SSSR count). The van der Waals surface area contributed by atoms with Gasteiger partial charge in [0.2, 0.25) is 0 Å². The number of hydrogen-bond acceptors (Lipinski definition) is 5. The summed E-state index contributed by atoms with van der Waals surface area (Å²) >= 11 is 0. The Kier molecular flexibility index (Phi) is 7.62. The number of alkyl carbamates (subject to hydrolysis) is 1. The zero-order valence-electron chi connectivity index (χ0n) is 19.3. The zero-order valence-corrected chi connectivity index (χ0v) is 19.3. The van der Waals surface area contributed by atoms with Crippen molar-refractivity contribution >= 4 is 17.9 Å². The van der Waals surface area contributed by atoms with Gasteiger partial charge in [0.15, 0.2) is 0 Å². The van der Waals surface area contributed by atoms with Gasteiger partial charge in [0.05, 0.1) is 6.04 Å². The Morgan fingerprint density at radius 2 is 1.69 bits per heavy atom. The van der Waals surface area contributed by atoms with Crippen molar-refractivity contribution in [3.05, 3.63) is 65.7 Å². The molecule has 1 heterocycles. The van der Waals surface area contributed by atoms with E-state index in [9.17, 15) is 9.59 Å². The van der Waals surface area contributed by atoms with Gasteiger partial charge in [0.25, 0.3) is 0 Å². The van der Waals surface area contributed by atoms with Crippen molar-refractivity contribution in [3.8, 4) is 0 Å². The number of nitrogens with one attached hydrogen (secondary N) is 1. The van der Waals surface area contributed by atoms with Crippen molar-refractivity contribution in [3.63, 3.8) is 0 Å². The molecular formula is C25H33N3O4. The molecular weight excluding hydrogens is 406 g/mol. The van der Waals surface area contributed by atoms with E-state index in [4.69, 9.17) is 9.47 Å².